The van der Waals surface area contributed by atoms with Gasteiger partial charge in [0.2, 0.25) is 5.91 Å². The highest BCUT2D eigenvalue weighted by atomic mass is 16.2. The normalized spacial score (nSPS) is 16.8. The van der Waals surface area contributed by atoms with Crippen LogP contribution in [0.3, 0.4) is 0 Å². The van der Waals surface area contributed by atoms with E-state index in [-0.39, 0.29) is 18.5 Å². The molecule has 3 rings (SSSR count). The second-order valence-electron chi connectivity index (χ2n) is 7.46. The van der Waals surface area contributed by atoms with E-state index in [4.69, 9.17) is 0 Å². The molecule has 0 aliphatic carbocycles. The van der Waals surface area contributed by atoms with Crippen LogP contribution in [0.15, 0.2) is 29.3 Å². The van der Waals surface area contributed by atoms with Crippen molar-refractivity contribution in [3.05, 3.63) is 29.8 Å². The number of carbonyl (C=O) groups excluding carboxylic acids is 2. The van der Waals surface area contributed by atoms with Gasteiger partial charge in [-0.1, -0.05) is 12.1 Å². The zero-order chi connectivity index (χ0) is 20.5. The second-order valence-corrected chi connectivity index (χ2v) is 7.46. The third kappa shape index (κ3) is 6.37. The van der Waals surface area contributed by atoms with Crippen molar-refractivity contribution >= 4 is 23.6 Å². The highest BCUT2D eigenvalue weighted by Crippen LogP contribution is 2.14. The van der Waals surface area contributed by atoms with Gasteiger partial charge in [0.05, 0.1) is 13.1 Å². The molecule has 2 fully saturated rings. The Morgan fingerprint density at radius 3 is 2.38 bits per heavy atom. The van der Waals surface area contributed by atoms with Crippen LogP contribution in [0.1, 0.15) is 38.2 Å². The van der Waals surface area contributed by atoms with E-state index >= 15 is 0 Å². The quantitative estimate of drug-likeness (QED) is 0.503. The topological polar surface area (TPSA) is 89.1 Å². The lowest BCUT2D eigenvalue weighted by Gasteiger charge is -2.17. The second kappa shape index (κ2) is 10.7. The number of rotatable bonds is 6. The summed E-state index contributed by atoms with van der Waals surface area (Å²) < 4.78 is 0. The van der Waals surface area contributed by atoms with Crippen molar-refractivity contribution in [1.82, 2.24) is 20.4 Å². The third-order valence-electron chi connectivity index (χ3n) is 5.20. The van der Waals surface area contributed by atoms with Gasteiger partial charge >= 0.3 is 6.03 Å². The zero-order valence-corrected chi connectivity index (χ0v) is 17.2. The number of nitrogens with zero attached hydrogens (tertiary/aromatic N) is 3. The predicted octanol–water partition coefficient (Wildman–Crippen LogP) is 1.99. The fraction of sp³-hybridized carbons (Fsp3) is 0.571. The molecule has 0 spiro atoms. The number of hydrogen-bond donors (Lipinski definition) is 3. The Hall–Kier alpha value is -2.77. The van der Waals surface area contributed by atoms with Crippen LogP contribution < -0.4 is 16.0 Å². The maximum atomic E-state index is 12.3. The minimum atomic E-state index is -0.0430. The Labute approximate surface area is 172 Å². The molecule has 158 valence electrons. The molecule has 0 aromatic heterocycles. The summed E-state index contributed by atoms with van der Waals surface area (Å²) in [6.07, 6.45) is 4.32. The summed E-state index contributed by atoms with van der Waals surface area (Å²) in [6.45, 7) is 6.77. The zero-order valence-electron chi connectivity index (χ0n) is 17.2. The maximum Gasteiger partial charge on any atom is 0.321 e. The number of nitrogens with one attached hydrogen (secondary N) is 3. The average molecular weight is 401 g/mol. The Balaban J connectivity index is 1.53. The minimum Gasteiger partial charge on any atom is -0.357 e. The molecule has 0 atom stereocenters. The number of likely N-dealkylation sites (tertiary alicyclic amines) is 2. The standard InChI is InChI=1S/C21H32N6O2/c1-2-22-20(24-16-19(28)26-10-3-4-11-26)23-15-17-8-7-9-18(14-17)25-21(29)27-12-5-6-13-27/h7-9,14H,2-6,10-13,15-16H2,1H3,(H,25,29)(H2,22,23,24). The number of benzene rings is 1. The van der Waals surface area contributed by atoms with Crippen molar-refractivity contribution < 1.29 is 9.59 Å². The molecule has 0 unspecified atom stereocenters. The number of hydrogen-bond acceptors (Lipinski definition) is 3. The summed E-state index contributed by atoms with van der Waals surface area (Å²) in [5, 5.41) is 9.26. The fourth-order valence-electron chi connectivity index (χ4n) is 3.62. The van der Waals surface area contributed by atoms with Gasteiger partial charge in [-0.25, -0.2) is 9.79 Å². The first kappa shape index (κ1) is 21.0. The molecular formula is C21H32N6O2. The molecule has 1 aromatic rings. The van der Waals surface area contributed by atoms with Crippen LogP contribution in [0, 0.1) is 0 Å². The molecule has 0 radical (unpaired) electrons. The van der Waals surface area contributed by atoms with Crippen LogP contribution in [0.5, 0.6) is 0 Å². The molecule has 8 nitrogen and oxygen atoms in total. The van der Waals surface area contributed by atoms with Crippen molar-refractivity contribution in [1.29, 1.82) is 0 Å². The van der Waals surface area contributed by atoms with E-state index in [0.29, 0.717) is 12.5 Å². The van der Waals surface area contributed by atoms with Gasteiger partial charge in [0, 0.05) is 38.4 Å². The summed E-state index contributed by atoms with van der Waals surface area (Å²) in [4.78, 5) is 32.8. The Morgan fingerprint density at radius 2 is 1.69 bits per heavy atom. The van der Waals surface area contributed by atoms with E-state index in [9.17, 15) is 9.59 Å². The molecule has 2 aliphatic rings. The number of carbonyl (C=O) groups is 2. The first-order valence-corrected chi connectivity index (χ1v) is 10.6. The molecule has 29 heavy (non-hydrogen) atoms. The van der Waals surface area contributed by atoms with Gasteiger partial charge in [0.1, 0.15) is 0 Å². The Bertz CT molecular complexity index is 724. The maximum absolute atomic E-state index is 12.3. The summed E-state index contributed by atoms with van der Waals surface area (Å²) >= 11 is 0. The number of aliphatic imine (C=N–C) groups is 1. The van der Waals surface area contributed by atoms with Crippen molar-refractivity contribution in [3.63, 3.8) is 0 Å². The summed E-state index contributed by atoms with van der Waals surface area (Å²) in [7, 11) is 0. The van der Waals surface area contributed by atoms with E-state index in [1.807, 2.05) is 41.0 Å². The van der Waals surface area contributed by atoms with Crippen molar-refractivity contribution in [2.45, 2.75) is 39.2 Å². The van der Waals surface area contributed by atoms with E-state index in [1.165, 1.54) is 0 Å². The number of urea groups is 1. The molecule has 2 aliphatic heterocycles. The molecule has 2 heterocycles. The van der Waals surface area contributed by atoms with Crippen molar-refractivity contribution in [2.75, 3.05) is 44.6 Å². The van der Waals surface area contributed by atoms with E-state index < -0.39 is 0 Å². The SMILES string of the molecule is CCNC(=NCc1cccc(NC(=O)N2CCCC2)c1)NCC(=O)N1CCCC1. The third-order valence-corrected chi connectivity index (χ3v) is 5.20. The van der Waals surface area contributed by atoms with Gasteiger partial charge in [0.25, 0.3) is 0 Å². The van der Waals surface area contributed by atoms with Crippen LogP contribution in [-0.2, 0) is 11.3 Å². The van der Waals surface area contributed by atoms with Gasteiger partial charge in [-0.2, -0.15) is 0 Å². The molecule has 1 aromatic carbocycles. The van der Waals surface area contributed by atoms with Gasteiger partial charge in [-0.15, -0.1) is 0 Å². The first-order chi connectivity index (χ1) is 14.2. The van der Waals surface area contributed by atoms with Gasteiger partial charge in [0.15, 0.2) is 5.96 Å². The van der Waals surface area contributed by atoms with Gasteiger partial charge in [-0.05, 0) is 50.3 Å². The predicted molar refractivity (Wildman–Crippen MR) is 115 cm³/mol. The van der Waals surface area contributed by atoms with Crippen LogP contribution in [0.4, 0.5) is 10.5 Å². The van der Waals surface area contributed by atoms with Crippen molar-refractivity contribution in [2.24, 2.45) is 4.99 Å². The number of guanidine groups is 1. The Morgan fingerprint density at radius 1 is 1.00 bits per heavy atom. The van der Waals surface area contributed by atoms with E-state index in [0.717, 1.165) is 69.7 Å². The highest BCUT2D eigenvalue weighted by molar-refractivity contribution is 5.89. The smallest absolute Gasteiger partial charge is 0.321 e. The highest BCUT2D eigenvalue weighted by Gasteiger charge is 2.18. The van der Waals surface area contributed by atoms with Crippen molar-refractivity contribution in [3.8, 4) is 0 Å². The van der Waals surface area contributed by atoms with Crippen LogP contribution in [0.25, 0.3) is 0 Å². The van der Waals surface area contributed by atoms with E-state index in [2.05, 4.69) is 20.9 Å². The molecule has 3 amide bonds. The lowest BCUT2D eigenvalue weighted by Crippen LogP contribution is -2.44. The summed E-state index contributed by atoms with van der Waals surface area (Å²) in [5.74, 6) is 0.728. The lowest BCUT2D eigenvalue weighted by atomic mass is 10.2. The molecule has 2 saturated heterocycles. The summed E-state index contributed by atoms with van der Waals surface area (Å²) in [5.41, 5.74) is 1.77. The minimum absolute atomic E-state index is 0.0430. The number of anilines is 1. The molecule has 0 saturated carbocycles. The van der Waals surface area contributed by atoms with Crippen LogP contribution in [-0.4, -0.2) is 67.0 Å². The monoisotopic (exact) mass is 400 g/mol. The molecule has 8 heteroatoms. The average Bonchev–Trinajstić information content (AvgIpc) is 3.44. The van der Waals surface area contributed by atoms with Crippen LogP contribution >= 0.6 is 0 Å². The number of amides is 3. The van der Waals surface area contributed by atoms with E-state index in [1.54, 1.807) is 0 Å². The fourth-order valence-corrected chi connectivity index (χ4v) is 3.62. The first-order valence-electron chi connectivity index (χ1n) is 10.6. The van der Waals surface area contributed by atoms with Crippen LogP contribution in [0.2, 0.25) is 0 Å². The molecule has 0 bridgehead atoms. The van der Waals surface area contributed by atoms with Gasteiger partial charge in [-0.3, -0.25) is 4.79 Å². The lowest BCUT2D eigenvalue weighted by molar-refractivity contribution is -0.128. The Kier molecular flexibility index (Phi) is 7.72. The molecular weight excluding hydrogens is 368 g/mol. The largest absolute Gasteiger partial charge is 0.357 e. The summed E-state index contributed by atoms with van der Waals surface area (Å²) in [6, 6.07) is 7.68. The molecule has 3 N–H and O–H groups in total. The van der Waals surface area contributed by atoms with Gasteiger partial charge < -0.3 is 25.8 Å².